The molecule has 0 heterocycles. The second kappa shape index (κ2) is 6.69. The van der Waals surface area contributed by atoms with Crippen molar-refractivity contribution in [3.63, 3.8) is 0 Å². The summed E-state index contributed by atoms with van der Waals surface area (Å²) in [6, 6.07) is 2.72. The van der Waals surface area contributed by atoms with Gasteiger partial charge >= 0.3 is 5.97 Å². The summed E-state index contributed by atoms with van der Waals surface area (Å²) in [6.07, 6.45) is 0.210. The molecule has 0 unspecified atom stereocenters. The Balaban J connectivity index is 3.08. The number of nitrogens with one attached hydrogen (secondary N) is 1. The molecule has 0 fully saturated rings. The number of nitrogens with two attached hydrogens (primary N) is 1. The minimum absolute atomic E-state index is 0.0366. The molecule has 0 aliphatic heterocycles. The number of amides is 1. The predicted octanol–water partition coefficient (Wildman–Crippen LogP) is 1.41. The number of benzene rings is 1. The van der Waals surface area contributed by atoms with Crippen LogP contribution < -0.4 is 11.1 Å². The van der Waals surface area contributed by atoms with Crippen molar-refractivity contribution in [2.45, 2.75) is 26.3 Å². The monoisotopic (exact) mass is 295 g/mol. The lowest BCUT2D eigenvalue weighted by atomic mass is 10.0. The molecule has 0 aromatic heterocycles. The lowest BCUT2D eigenvalue weighted by molar-refractivity contribution is -0.385. The number of nitrogens with zero attached hydrogens (tertiary/aromatic N) is 1. The average Bonchev–Trinajstić information content (AvgIpc) is 2.36. The molecule has 0 saturated heterocycles. The van der Waals surface area contributed by atoms with Crippen LogP contribution in [-0.4, -0.2) is 27.9 Å². The van der Waals surface area contributed by atoms with Crippen molar-refractivity contribution in [2.24, 2.45) is 5.92 Å². The molecule has 0 spiro atoms. The Hall–Kier alpha value is -2.64. The quantitative estimate of drug-likeness (QED) is 0.412. The highest BCUT2D eigenvalue weighted by molar-refractivity contribution is 6.04. The molecule has 0 aliphatic carbocycles. The normalized spacial score (nSPS) is 12.0. The van der Waals surface area contributed by atoms with Crippen LogP contribution in [0.5, 0.6) is 0 Å². The number of carboxylic acid groups (broad SMARTS) is 1. The van der Waals surface area contributed by atoms with Crippen molar-refractivity contribution >= 4 is 23.3 Å². The molecule has 0 bridgehead atoms. The van der Waals surface area contributed by atoms with E-state index >= 15 is 0 Å². The van der Waals surface area contributed by atoms with Gasteiger partial charge in [-0.1, -0.05) is 19.9 Å². The lowest BCUT2D eigenvalue weighted by Gasteiger charge is -2.17. The van der Waals surface area contributed by atoms with Gasteiger partial charge in [-0.05, 0) is 18.4 Å². The van der Waals surface area contributed by atoms with Gasteiger partial charge in [0.25, 0.3) is 11.6 Å². The van der Waals surface area contributed by atoms with Crippen LogP contribution in [0.4, 0.5) is 11.4 Å². The molecule has 4 N–H and O–H groups in total. The highest BCUT2D eigenvalue weighted by Crippen LogP contribution is 2.24. The Kier molecular flexibility index (Phi) is 5.23. The fourth-order valence-corrected chi connectivity index (χ4v) is 1.88. The topological polar surface area (TPSA) is 136 Å². The molecule has 1 rings (SSSR count). The third-order valence-corrected chi connectivity index (χ3v) is 2.81. The zero-order valence-corrected chi connectivity index (χ0v) is 11.7. The summed E-state index contributed by atoms with van der Waals surface area (Å²) in [7, 11) is 0. The third kappa shape index (κ3) is 4.16. The SMILES string of the molecule is CC(C)C[C@@H](NC(=O)c1c(N)cccc1[N+](=O)[O-])C(=O)O. The van der Waals surface area contributed by atoms with Crippen LogP contribution in [-0.2, 0) is 4.79 Å². The molecule has 21 heavy (non-hydrogen) atoms. The van der Waals surface area contributed by atoms with Crippen molar-refractivity contribution in [3.8, 4) is 0 Å². The van der Waals surface area contributed by atoms with Gasteiger partial charge < -0.3 is 16.2 Å². The maximum absolute atomic E-state index is 12.1. The zero-order chi connectivity index (χ0) is 16.2. The molecule has 1 amide bonds. The van der Waals surface area contributed by atoms with E-state index in [9.17, 15) is 19.7 Å². The van der Waals surface area contributed by atoms with Gasteiger partial charge in [0.1, 0.15) is 11.6 Å². The van der Waals surface area contributed by atoms with Crippen molar-refractivity contribution in [3.05, 3.63) is 33.9 Å². The number of carbonyl (C=O) groups excluding carboxylic acids is 1. The van der Waals surface area contributed by atoms with Gasteiger partial charge in [0, 0.05) is 6.07 Å². The van der Waals surface area contributed by atoms with E-state index in [2.05, 4.69) is 5.32 Å². The molecule has 0 aliphatic rings. The summed E-state index contributed by atoms with van der Waals surface area (Å²) in [5, 5.41) is 22.3. The maximum Gasteiger partial charge on any atom is 0.326 e. The van der Waals surface area contributed by atoms with Gasteiger partial charge in [-0.15, -0.1) is 0 Å². The van der Waals surface area contributed by atoms with Gasteiger partial charge in [-0.25, -0.2) is 4.79 Å². The molecular weight excluding hydrogens is 278 g/mol. The minimum atomic E-state index is -1.20. The van der Waals surface area contributed by atoms with Crippen LogP contribution in [0.3, 0.4) is 0 Å². The van der Waals surface area contributed by atoms with Gasteiger partial charge in [0.15, 0.2) is 0 Å². The molecule has 0 saturated carbocycles. The fraction of sp³-hybridized carbons (Fsp3) is 0.385. The Morgan fingerprint density at radius 3 is 2.52 bits per heavy atom. The maximum atomic E-state index is 12.1. The number of hydrogen-bond acceptors (Lipinski definition) is 5. The van der Waals surface area contributed by atoms with Crippen molar-refractivity contribution in [1.29, 1.82) is 0 Å². The number of nitrogen functional groups attached to an aromatic ring is 1. The zero-order valence-electron chi connectivity index (χ0n) is 11.7. The average molecular weight is 295 g/mol. The highest BCUT2D eigenvalue weighted by atomic mass is 16.6. The first-order valence-electron chi connectivity index (χ1n) is 6.30. The largest absolute Gasteiger partial charge is 0.480 e. The Morgan fingerprint density at radius 1 is 1.43 bits per heavy atom. The van der Waals surface area contributed by atoms with Crippen LogP contribution in [0.25, 0.3) is 0 Å². The number of carboxylic acids is 1. The molecule has 0 radical (unpaired) electrons. The Morgan fingerprint density at radius 2 is 2.05 bits per heavy atom. The Bertz CT molecular complexity index is 571. The predicted molar refractivity (Wildman–Crippen MR) is 75.9 cm³/mol. The summed E-state index contributed by atoms with van der Waals surface area (Å²) in [5.74, 6) is -2.03. The summed E-state index contributed by atoms with van der Waals surface area (Å²) >= 11 is 0. The fourth-order valence-electron chi connectivity index (χ4n) is 1.88. The van der Waals surface area contributed by atoms with E-state index in [1.807, 2.05) is 0 Å². The minimum Gasteiger partial charge on any atom is -0.480 e. The molecule has 1 aromatic carbocycles. The molecule has 8 heteroatoms. The first kappa shape index (κ1) is 16.4. The lowest BCUT2D eigenvalue weighted by Crippen LogP contribution is -2.42. The van der Waals surface area contributed by atoms with Crippen LogP contribution in [0, 0.1) is 16.0 Å². The van der Waals surface area contributed by atoms with E-state index in [1.54, 1.807) is 13.8 Å². The van der Waals surface area contributed by atoms with Crippen molar-refractivity contribution in [1.82, 2.24) is 5.32 Å². The third-order valence-electron chi connectivity index (χ3n) is 2.81. The van der Waals surface area contributed by atoms with E-state index in [0.29, 0.717) is 0 Å². The summed E-state index contributed by atoms with van der Waals surface area (Å²) in [5.41, 5.74) is 4.75. The molecule has 114 valence electrons. The van der Waals surface area contributed by atoms with E-state index in [1.165, 1.54) is 12.1 Å². The summed E-state index contributed by atoms with van der Waals surface area (Å²) < 4.78 is 0. The summed E-state index contributed by atoms with van der Waals surface area (Å²) in [4.78, 5) is 33.5. The van der Waals surface area contributed by atoms with Crippen LogP contribution in [0.2, 0.25) is 0 Å². The number of hydrogen-bond donors (Lipinski definition) is 3. The van der Waals surface area contributed by atoms with Crippen LogP contribution in [0.15, 0.2) is 18.2 Å². The van der Waals surface area contributed by atoms with E-state index in [-0.39, 0.29) is 23.6 Å². The van der Waals surface area contributed by atoms with E-state index in [0.717, 1.165) is 6.07 Å². The van der Waals surface area contributed by atoms with E-state index < -0.39 is 28.5 Å². The number of nitro benzene ring substituents is 1. The second-order valence-corrected chi connectivity index (χ2v) is 4.99. The second-order valence-electron chi connectivity index (χ2n) is 4.99. The first-order chi connectivity index (χ1) is 9.73. The summed E-state index contributed by atoms with van der Waals surface area (Å²) in [6.45, 7) is 3.61. The number of nitro groups is 1. The molecule has 8 nitrogen and oxygen atoms in total. The van der Waals surface area contributed by atoms with Crippen molar-refractivity contribution < 1.29 is 19.6 Å². The number of aliphatic carboxylic acids is 1. The molecule has 1 aromatic rings. The Labute approximate surface area is 121 Å². The van der Waals surface area contributed by atoms with Crippen molar-refractivity contribution in [2.75, 3.05) is 5.73 Å². The molecular formula is C13H17N3O5. The van der Waals surface area contributed by atoms with Gasteiger partial charge in [0.05, 0.1) is 10.6 Å². The van der Waals surface area contributed by atoms with Gasteiger partial charge in [0.2, 0.25) is 0 Å². The van der Waals surface area contributed by atoms with Crippen LogP contribution in [0.1, 0.15) is 30.6 Å². The number of rotatable bonds is 6. The molecule has 1 atom stereocenters. The smallest absolute Gasteiger partial charge is 0.326 e. The van der Waals surface area contributed by atoms with Gasteiger partial charge in [-0.2, -0.15) is 0 Å². The van der Waals surface area contributed by atoms with Crippen LogP contribution >= 0.6 is 0 Å². The highest BCUT2D eigenvalue weighted by Gasteiger charge is 2.27. The van der Waals surface area contributed by atoms with E-state index in [4.69, 9.17) is 10.8 Å². The van der Waals surface area contributed by atoms with Gasteiger partial charge in [-0.3, -0.25) is 14.9 Å². The standard InChI is InChI=1S/C13H17N3O5/c1-7(2)6-9(13(18)19)15-12(17)11-8(14)4-3-5-10(11)16(20)21/h3-5,7,9H,6,14H2,1-2H3,(H,15,17)(H,18,19)/t9-/m1/s1. The first-order valence-corrected chi connectivity index (χ1v) is 6.30. The number of anilines is 1. The number of carbonyl (C=O) groups is 2.